The number of fused-ring (bicyclic) bond motifs is 1. The van der Waals surface area contributed by atoms with E-state index in [0.29, 0.717) is 23.3 Å². The number of nitrogens with zero attached hydrogens (tertiary/aromatic N) is 4. The minimum Gasteiger partial charge on any atom is -0.383 e. The van der Waals surface area contributed by atoms with Crippen LogP contribution in [0.2, 0.25) is 0 Å². The molecule has 7 nitrogen and oxygen atoms in total. The fourth-order valence-electron chi connectivity index (χ4n) is 3.47. The highest BCUT2D eigenvalue weighted by molar-refractivity contribution is 9.10. The highest BCUT2D eigenvalue weighted by Crippen LogP contribution is 2.16. The zero-order chi connectivity index (χ0) is 22.0. The molecule has 0 atom stereocenters. The number of imidazole rings is 1. The minimum absolute atomic E-state index is 0.184. The molecule has 31 heavy (non-hydrogen) atoms. The molecule has 2 aromatic heterocycles. The predicted octanol–water partition coefficient (Wildman–Crippen LogP) is 3.00. The van der Waals surface area contributed by atoms with Crippen LogP contribution in [0, 0.1) is 5.82 Å². The molecule has 0 bridgehead atoms. The molecule has 2 aromatic carbocycles. The average molecular weight is 487 g/mol. The topological polar surface area (TPSA) is 71.1 Å². The molecule has 4 aromatic rings. The lowest BCUT2D eigenvalue weighted by atomic mass is 10.2. The van der Waals surface area contributed by atoms with Crippen molar-refractivity contribution in [2.45, 2.75) is 19.6 Å². The molecule has 0 radical (unpaired) electrons. The van der Waals surface area contributed by atoms with Crippen molar-refractivity contribution in [2.24, 2.45) is 0 Å². The van der Waals surface area contributed by atoms with E-state index < -0.39 is 17.1 Å². The molecule has 0 aliphatic heterocycles. The van der Waals surface area contributed by atoms with Crippen molar-refractivity contribution in [2.75, 3.05) is 13.7 Å². The first-order valence-electron chi connectivity index (χ1n) is 9.65. The Kier molecular flexibility index (Phi) is 6.15. The summed E-state index contributed by atoms with van der Waals surface area (Å²) in [6.07, 6.45) is 1.52. The fraction of sp³-hybridized carbons (Fsp3) is 0.227. The van der Waals surface area contributed by atoms with E-state index in [4.69, 9.17) is 4.74 Å². The Morgan fingerprint density at radius 3 is 2.55 bits per heavy atom. The Bertz CT molecular complexity index is 1340. The van der Waals surface area contributed by atoms with E-state index >= 15 is 0 Å². The fourth-order valence-corrected chi connectivity index (χ4v) is 3.80. The summed E-state index contributed by atoms with van der Waals surface area (Å²) in [6, 6.07) is 14.0. The van der Waals surface area contributed by atoms with Gasteiger partial charge in [0.15, 0.2) is 11.2 Å². The first-order valence-corrected chi connectivity index (χ1v) is 10.4. The van der Waals surface area contributed by atoms with Crippen LogP contribution in [0.3, 0.4) is 0 Å². The van der Waals surface area contributed by atoms with Crippen LogP contribution in [-0.2, 0) is 24.4 Å². The molecule has 0 aliphatic carbocycles. The third-order valence-corrected chi connectivity index (χ3v) is 5.54. The predicted molar refractivity (Wildman–Crippen MR) is 119 cm³/mol. The molecule has 0 amide bonds. The summed E-state index contributed by atoms with van der Waals surface area (Å²) in [6.45, 7) is 0.833. The van der Waals surface area contributed by atoms with E-state index in [0.717, 1.165) is 10.1 Å². The zero-order valence-corrected chi connectivity index (χ0v) is 18.4. The second kappa shape index (κ2) is 8.99. The van der Waals surface area contributed by atoms with Crippen LogP contribution < -0.4 is 11.2 Å². The van der Waals surface area contributed by atoms with E-state index in [2.05, 4.69) is 20.9 Å². The van der Waals surface area contributed by atoms with Crippen LogP contribution in [0.15, 0.2) is 68.9 Å². The largest absolute Gasteiger partial charge is 0.383 e. The van der Waals surface area contributed by atoms with Crippen molar-refractivity contribution in [3.8, 4) is 0 Å². The van der Waals surface area contributed by atoms with Gasteiger partial charge >= 0.3 is 5.69 Å². The highest BCUT2D eigenvalue weighted by atomic mass is 79.9. The molecular formula is C22H20BrFN4O3. The molecule has 160 valence electrons. The Balaban J connectivity index is 1.91. The van der Waals surface area contributed by atoms with E-state index in [1.54, 1.807) is 23.8 Å². The molecule has 0 saturated heterocycles. The van der Waals surface area contributed by atoms with Gasteiger partial charge in [-0.05, 0) is 17.7 Å². The maximum absolute atomic E-state index is 14.5. The number of hydrogen-bond acceptors (Lipinski definition) is 4. The van der Waals surface area contributed by atoms with Gasteiger partial charge in [0, 0.05) is 23.7 Å². The maximum Gasteiger partial charge on any atom is 0.333 e. The first kappa shape index (κ1) is 21.2. The quantitative estimate of drug-likeness (QED) is 0.402. The summed E-state index contributed by atoms with van der Waals surface area (Å²) in [7, 11) is 1.57. The number of ether oxygens (including phenoxy) is 1. The van der Waals surface area contributed by atoms with Gasteiger partial charge in [-0.1, -0.05) is 52.3 Å². The summed E-state index contributed by atoms with van der Waals surface area (Å²) < 4.78 is 24.3. The second-order valence-electron chi connectivity index (χ2n) is 7.08. The Morgan fingerprint density at radius 2 is 1.84 bits per heavy atom. The molecule has 0 spiro atoms. The normalized spacial score (nSPS) is 11.3. The SMILES string of the molecule is COCCn1cnc2c1c(=O)n(Cc1ccc(Br)cc1F)c(=O)n2Cc1ccccc1. The molecule has 9 heteroatoms. The summed E-state index contributed by atoms with van der Waals surface area (Å²) in [5.41, 5.74) is 0.654. The van der Waals surface area contributed by atoms with Crippen molar-refractivity contribution in [3.63, 3.8) is 0 Å². The number of hydrogen-bond donors (Lipinski definition) is 0. The van der Waals surface area contributed by atoms with Crippen LogP contribution in [0.1, 0.15) is 11.1 Å². The number of methoxy groups -OCH3 is 1. The Hall–Kier alpha value is -3.04. The number of halogens is 2. The Morgan fingerprint density at radius 1 is 1.06 bits per heavy atom. The van der Waals surface area contributed by atoms with Gasteiger partial charge in [0.2, 0.25) is 0 Å². The van der Waals surface area contributed by atoms with Crippen molar-refractivity contribution in [1.29, 1.82) is 0 Å². The van der Waals surface area contributed by atoms with Crippen LogP contribution in [-0.4, -0.2) is 32.4 Å². The maximum atomic E-state index is 14.5. The number of rotatable bonds is 7. The summed E-state index contributed by atoms with van der Waals surface area (Å²) in [5, 5.41) is 0. The molecule has 0 fully saturated rings. The van der Waals surface area contributed by atoms with Crippen LogP contribution in [0.4, 0.5) is 4.39 Å². The monoisotopic (exact) mass is 486 g/mol. The van der Waals surface area contributed by atoms with E-state index in [-0.39, 0.29) is 24.2 Å². The average Bonchev–Trinajstić information content (AvgIpc) is 3.18. The summed E-state index contributed by atoms with van der Waals surface area (Å²) in [5.74, 6) is -0.497. The molecule has 0 N–H and O–H groups in total. The lowest BCUT2D eigenvalue weighted by Gasteiger charge is -2.13. The van der Waals surface area contributed by atoms with Gasteiger partial charge in [-0.2, -0.15) is 0 Å². The molecule has 0 saturated carbocycles. The van der Waals surface area contributed by atoms with E-state index in [9.17, 15) is 14.0 Å². The van der Waals surface area contributed by atoms with Crippen molar-refractivity contribution in [1.82, 2.24) is 18.7 Å². The molecular weight excluding hydrogens is 467 g/mol. The first-order chi connectivity index (χ1) is 15.0. The number of aromatic nitrogens is 4. The molecule has 0 unspecified atom stereocenters. The number of benzene rings is 2. The Labute approximate surface area is 185 Å². The van der Waals surface area contributed by atoms with Crippen molar-refractivity contribution in [3.05, 3.63) is 97.1 Å². The molecule has 2 heterocycles. The lowest BCUT2D eigenvalue weighted by molar-refractivity contribution is 0.188. The molecule has 0 aliphatic rings. The third-order valence-electron chi connectivity index (χ3n) is 5.05. The van der Waals surface area contributed by atoms with Crippen molar-refractivity contribution >= 4 is 27.1 Å². The van der Waals surface area contributed by atoms with Gasteiger partial charge in [0.05, 0.1) is 26.0 Å². The van der Waals surface area contributed by atoms with Gasteiger partial charge in [0.25, 0.3) is 5.56 Å². The highest BCUT2D eigenvalue weighted by Gasteiger charge is 2.19. The van der Waals surface area contributed by atoms with Gasteiger partial charge in [-0.15, -0.1) is 0 Å². The smallest absolute Gasteiger partial charge is 0.333 e. The van der Waals surface area contributed by atoms with Gasteiger partial charge in [-0.25, -0.2) is 14.2 Å². The van der Waals surface area contributed by atoms with Gasteiger partial charge < -0.3 is 9.30 Å². The third kappa shape index (κ3) is 4.24. The summed E-state index contributed by atoms with van der Waals surface area (Å²) in [4.78, 5) is 31.0. The van der Waals surface area contributed by atoms with Gasteiger partial charge in [-0.3, -0.25) is 13.9 Å². The standard InChI is InChI=1S/C22H20BrFN4O3/c1-31-10-9-26-14-25-20-19(26)21(29)28(13-16-7-8-17(23)11-18(16)24)22(30)27(20)12-15-5-3-2-4-6-15/h2-8,11,14H,9-10,12-13H2,1H3. The second-order valence-corrected chi connectivity index (χ2v) is 8.00. The van der Waals surface area contributed by atoms with Crippen molar-refractivity contribution < 1.29 is 9.13 Å². The zero-order valence-electron chi connectivity index (χ0n) is 16.8. The van der Waals surface area contributed by atoms with E-state index in [1.165, 1.54) is 17.0 Å². The van der Waals surface area contributed by atoms with Crippen LogP contribution >= 0.6 is 15.9 Å². The minimum atomic E-state index is -0.541. The summed E-state index contributed by atoms with van der Waals surface area (Å²) >= 11 is 3.22. The molecule has 4 rings (SSSR count). The van der Waals surface area contributed by atoms with E-state index in [1.807, 2.05) is 30.3 Å². The van der Waals surface area contributed by atoms with Gasteiger partial charge in [0.1, 0.15) is 5.82 Å². The van der Waals surface area contributed by atoms with Crippen LogP contribution in [0.5, 0.6) is 0 Å². The lowest BCUT2D eigenvalue weighted by Crippen LogP contribution is -2.41. The van der Waals surface area contributed by atoms with Crippen LogP contribution in [0.25, 0.3) is 11.2 Å².